The summed E-state index contributed by atoms with van der Waals surface area (Å²) < 4.78 is 5.43. The molecule has 2 aromatic rings. The van der Waals surface area contributed by atoms with E-state index in [4.69, 9.17) is 5.11 Å². The van der Waals surface area contributed by atoms with Crippen LogP contribution < -0.4 is 5.32 Å². The number of aromatic carboxylic acids is 1. The van der Waals surface area contributed by atoms with Gasteiger partial charge < -0.3 is 10.0 Å². The Kier molecular flexibility index (Phi) is 3.25. The molecule has 0 aromatic carbocycles. The molecule has 21 heavy (non-hydrogen) atoms. The summed E-state index contributed by atoms with van der Waals surface area (Å²) in [6.07, 6.45) is 1.36. The van der Waals surface area contributed by atoms with E-state index in [1.54, 1.807) is 11.8 Å². The minimum atomic E-state index is -1.12. The van der Waals surface area contributed by atoms with Gasteiger partial charge in [0.1, 0.15) is 5.82 Å². The quantitative estimate of drug-likeness (QED) is 0.830. The maximum absolute atomic E-state index is 11.9. The van der Waals surface area contributed by atoms with E-state index in [0.717, 1.165) is 11.5 Å². The minimum Gasteiger partial charge on any atom is -0.476 e. The van der Waals surface area contributed by atoms with Crippen LogP contribution in [0.3, 0.4) is 0 Å². The monoisotopic (exact) mass is 309 g/mol. The number of hydrogen-bond donors (Lipinski definition) is 2. The van der Waals surface area contributed by atoms with Crippen molar-refractivity contribution in [2.24, 2.45) is 0 Å². The number of carbonyl (C=O) groups excluding carboxylic acids is 1. The lowest BCUT2D eigenvalue weighted by Gasteiger charge is -2.38. The first-order valence-corrected chi connectivity index (χ1v) is 6.81. The molecule has 0 atom stereocenters. The fraction of sp³-hybridized carbons (Fsp3) is 0.400. The van der Waals surface area contributed by atoms with Crippen LogP contribution >= 0.6 is 11.5 Å². The largest absolute Gasteiger partial charge is 0.476 e. The van der Waals surface area contributed by atoms with E-state index in [-0.39, 0.29) is 17.8 Å². The molecule has 11 heteroatoms. The number of carboxylic acids is 1. The molecule has 2 aromatic heterocycles. The van der Waals surface area contributed by atoms with E-state index < -0.39 is 5.97 Å². The average Bonchev–Trinajstić information content (AvgIpc) is 2.97. The molecule has 3 rings (SSSR count). The summed E-state index contributed by atoms with van der Waals surface area (Å²) in [4.78, 5) is 28.2. The second kappa shape index (κ2) is 5.09. The van der Waals surface area contributed by atoms with Gasteiger partial charge in [-0.25, -0.2) is 19.3 Å². The van der Waals surface area contributed by atoms with Crippen LogP contribution in [0.5, 0.6) is 0 Å². The van der Waals surface area contributed by atoms with Gasteiger partial charge in [-0.1, -0.05) is 5.21 Å². The smallest absolute Gasteiger partial charge is 0.358 e. The first-order valence-electron chi connectivity index (χ1n) is 6.04. The Morgan fingerprint density at radius 1 is 1.48 bits per heavy atom. The molecule has 110 valence electrons. The van der Waals surface area contributed by atoms with Gasteiger partial charge in [0, 0.05) is 24.6 Å². The number of likely N-dealkylation sites (tertiary alicyclic amines) is 1. The highest BCUT2D eigenvalue weighted by atomic mass is 32.1. The summed E-state index contributed by atoms with van der Waals surface area (Å²) in [5, 5.41) is 19.2. The van der Waals surface area contributed by atoms with Crippen molar-refractivity contribution < 1.29 is 14.7 Å². The van der Waals surface area contributed by atoms with Gasteiger partial charge in [-0.2, -0.15) is 4.37 Å². The molecule has 2 N–H and O–H groups in total. The fourth-order valence-corrected chi connectivity index (χ4v) is 2.43. The van der Waals surface area contributed by atoms with Crippen LogP contribution in [0.1, 0.15) is 22.4 Å². The van der Waals surface area contributed by atoms with E-state index in [1.807, 2.05) is 0 Å². The predicted octanol–water partition coefficient (Wildman–Crippen LogP) is 0.225. The number of carbonyl (C=O) groups is 2. The van der Waals surface area contributed by atoms with Gasteiger partial charge in [0.2, 0.25) is 5.13 Å². The number of anilines is 1. The minimum absolute atomic E-state index is 0.0625. The molecule has 3 heterocycles. The van der Waals surface area contributed by atoms with Gasteiger partial charge in [0.15, 0.2) is 5.69 Å². The van der Waals surface area contributed by atoms with Crippen molar-refractivity contribution >= 4 is 28.7 Å². The zero-order valence-electron chi connectivity index (χ0n) is 10.9. The Morgan fingerprint density at radius 3 is 2.81 bits per heavy atom. The van der Waals surface area contributed by atoms with Gasteiger partial charge >= 0.3 is 12.0 Å². The zero-order valence-corrected chi connectivity index (χ0v) is 11.7. The maximum Gasteiger partial charge on any atom is 0.358 e. The highest BCUT2D eigenvalue weighted by Gasteiger charge is 2.33. The Labute approximate surface area is 122 Å². The number of urea groups is 1. The van der Waals surface area contributed by atoms with Crippen LogP contribution in [0, 0.1) is 6.92 Å². The Balaban J connectivity index is 1.55. The maximum atomic E-state index is 11.9. The molecule has 0 unspecified atom stereocenters. The first-order chi connectivity index (χ1) is 10.0. The van der Waals surface area contributed by atoms with Crippen molar-refractivity contribution in [3.05, 3.63) is 17.7 Å². The fourth-order valence-electron chi connectivity index (χ4n) is 1.86. The normalized spacial score (nSPS) is 14.8. The lowest BCUT2D eigenvalue weighted by molar-refractivity contribution is 0.0690. The molecule has 0 spiro atoms. The summed E-state index contributed by atoms with van der Waals surface area (Å²) in [6, 6.07) is -0.325. The number of aryl methyl sites for hydroxylation is 1. The molecule has 1 fully saturated rings. The van der Waals surface area contributed by atoms with Crippen molar-refractivity contribution in [2.75, 3.05) is 18.4 Å². The highest BCUT2D eigenvalue weighted by Crippen LogP contribution is 2.21. The molecular formula is C10H11N7O3S. The van der Waals surface area contributed by atoms with E-state index in [0.29, 0.717) is 24.0 Å². The van der Waals surface area contributed by atoms with Crippen LogP contribution in [0.25, 0.3) is 0 Å². The summed E-state index contributed by atoms with van der Waals surface area (Å²) in [7, 11) is 0. The number of amides is 2. The van der Waals surface area contributed by atoms with Gasteiger partial charge in [-0.15, -0.1) is 5.10 Å². The Hall–Kier alpha value is -2.56. The van der Waals surface area contributed by atoms with Crippen LogP contribution in [-0.4, -0.2) is 59.4 Å². The Morgan fingerprint density at radius 2 is 2.24 bits per heavy atom. The lowest BCUT2D eigenvalue weighted by atomic mass is 10.1. The number of nitrogens with one attached hydrogen (secondary N) is 1. The molecule has 0 saturated carbocycles. The van der Waals surface area contributed by atoms with Gasteiger partial charge in [-0.05, 0) is 6.92 Å². The van der Waals surface area contributed by atoms with Gasteiger partial charge in [-0.3, -0.25) is 5.32 Å². The van der Waals surface area contributed by atoms with E-state index in [2.05, 4.69) is 25.0 Å². The molecule has 0 aliphatic carbocycles. The van der Waals surface area contributed by atoms with E-state index in [1.165, 1.54) is 10.9 Å². The molecule has 1 aliphatic heterocycles. The summed E-state index contributed by atoms with van der Waals surface area (Å²) >= 11 is 1.12. The summed E-state index contributed by atoms with van der Waals surface area (Å²) in [5.41, 5.74) is -0.109. The molecule has 10 nitrogen and oxygen atoms in total. The van der Waals surface area contributed by atoms with Gasteiger partial charge in [0.25, 0.3) is 0 Å². The zero-order chi connectivity index (χ0) is 15.0. The third kappa shape index (κ3) is 2.67. The van der Waals surface area contributed by atoms with Crippen molar-refractivity contribution in [3.8, 4) is 0 Å². The predicted molar refractivity (Wildman–Crippen MR) is 71.3 cm³/mol. The topological polar surface area (TPSA) is 126 Å². The SMILES string of the molecule is Cc1nsc(NC(=O)N2CC(n3cc(C(=O)O)nn3)C2)n1. The van der Waals surface area contributed by atoms with Crippen molar-refractivity contribution in [3.63, 3.8) is 0 Å². The van der Waals surface area contributed by atoms with Crippen molar-refractivity contribution in [2.45, 2.75) is 13.0 Å². The van der Waals surface area contributed by atoms with E-state index >= 15 is 0 Å². The van der Waals surface area contributed by atoms with Crippen LogP contribution in [0.4, 0.5) is 9.93 Å². The van der Waals surface area contributed by atoms with Crippen LogP contribution in [0.15, 0.2) is 6.20 Å². The third-order valence-electron chi connectivity index (χ3n) is 2.99. The second-order valence-corrected chi connectivity index (χ2v) is 5.28. The van der Waals surface area contributed by atoms with Crippen molar-refractivity contribution in [1.29, 1.82) is 0 Å². The molecule has 0 radical (unpaired) electrons. The van der Waals surface area contributed by atoms with Crippen molar-refractivity contribution in [1.82, 2.24) is 29.3 Å². The molecule has 1 aliphatic rings. The lowest BCUT2D eigenvalue weighted by Crippen LogP contribution is -2.52. The Bertz CT molecular complexity index is 690. The first kappa shape index (κ1) is 13.4. The van der Waals surface area contributed by atoms with Crippen LogP contribution in [0.2, 0.25) is 0 Å². The number of carboxylic acid groups (broad SMARTS) is 1. The third-order valence-corrected chi connectivity index (χ3v) is 3.72. The number of aromatic nitrogens is 5. The highest BCUT2D eigenvalue weighted by molar-refractivity contribution is 7.09. The summed E-state index contributed by atoms with van der Waals surface area (Å²) in [5.74, 6) is -0.512. The molecular weight excluding hydrogens is 298 g/mol. The molecule has 1 saturated heterocycles. The van der Waals surface area contributed by atoms with Crippen LogP contribution in [-0.2, 0) is 0 Å². The standard InChI is InChI=1S/C10H11N7O3S/c1-5-11-9(21-14-5)12-10(20)16-2-6(3-16)17-4-7(8(18)19)13-15-17/h4,6H,2-3H2,1H3,(H,18,19)(H,11,12,14,20). The number of rotatable bonds is 3. The van der Waals surface area contributed by atoms with E-state index in [9.17, 15) is 9.59 Å². The number of hydrogen-bond acceptors (Lipinski definition) is 7. The second-order valence-electron chi connectivity index (χ2n) is 4.52. The molecule has 2 amide bonds. The number of nitrogens with zero attached hydrogens (tertiary/aromatic N) is 6. The average molecular weight is 309 g/mol. The summed E-state index contributed by atoms with van der Waals surface area (Å²) in [6.45, 7) is 2.62. The van der Waals surface area contributed by atoms with Gasteiger partial charge in [0.05, 0.1) is 12.2 Å². The molecule has 0 bridgehead atoms.